The van der Waals surface area contributed by atoms with E-state index in [4.69, 9.17) is 0 Å². The van der Waals surface area contributed by atoms with Crippen LogP contribution in [0.5, 0.6) is 0 Å². The Bertz CT molecular complexity index is 1260. The summed E-state index contributed by atoms with van der Waals surface area (Å²) < 4.78 is 1.87. The lowest BCUT2D eigenvalue weighted by Crippen LogP contribution is -2.43. The molecule has 1 aliphatic heterocycles. The zero-order valence-electron chi connectivity index (χ0n) is 18.9. The van der Waals surface area contributed by atoms with Crippen molar-refractivity contribution in [1.82, 2.24) is 24.8 Å². The van der Waals surface area contributed by atoms with Gasteiger partial charge in [0.05, 0.1) is 21.6 Å². The minimum absolute atomic E-state index is 0.0464. The van der Waals surface area contributed by atoms with Crippen molar-refractivity contribution >= 4 is 22.4 Å². The highest BCUT2D eigenvalue weighted by atomic mass is 32.1. The molecule has 4 aromatic rings. The van der Waals surface area contributed by atoms with Crippen molar-refractivity contribution in [3.05, 3.63) is 81.7 Å². The Morgan fingerprint density at radius 1 is 1.06 bits per heavy atom. The van der Waals surface area contributed by atoms with Gasteiger partial charge in [-0.05, 0) is 73.6 Å². The number of nitrogens with one attached hydrogen (secondary N) is 1. The Morgan fingerprint density at radius 2 is 1.94 bits per heavy atom. The summed E-state index contributed by atoms with van der Waals surface area (Å²) >= 11 is 1.72. The molecule has 0 atom stereocenters. The molecule has 5 heterocycles. The zero-order valence-corrected chi connectivity index (χ0v) is 19.7. The summed E-state index contributed by atoms with van der Waals surface area (Å²) in [7, 11) is 0. The summed E-state index contributed by atoms with van der Waals surface area (Å²) in [6, 6.07) is 14.5. The standard InChI is InChI=1S/C26H29N5OS/c1-19-15-24-22(28-16-19)6-7-26(32)31(24)13-12-30-10-8-21(9-11-30)27-17-20-4-5-23(29-18-20)25-3-2-14-33-25/h2-7,14-16,18,21,27H,8-13,17H2,1H3. The maximum Gasteiger partial charge on any atom is 0.251 e. The van der Waals surface area contributed by atoms with Gasteiger partial charge in [-0.3, -0.25) is 14.8 Å². The van der Waals surface area contributed by atoms with Crippen molar-refractivity contribution in [2.24, 2.45) is 0 Å². The third-order valence-electron chi connectivity index (χ3n) is 6.40. The number of thiophene rings is 1. The van der Waals surface area contributed by atoms with E-state index in [0.717, 1.165) is 61.3 Å². The zero-order chi connectivity index (χ0) is 22.6. The van der Waals surface area contributed by atoms with Gasteiger partial charge in [0.1, 0.15) is 0 Å². The Balaban J connectivity index is 1.11. The molecule has 0 saturated carbocycles. The number of fused-ring (bicyclic) bond motifs is 1. The van der Waals surface area contributed by atoms with Gasteiger partial charge < -0.3 is 14.8 Å². The number of likely N-dealkylation sites (tertiary alicyclic amines) is 1. The average molecular weight is 460 g/mol. The number of aromatic nitrogens is 3. The second-order valence-electron chi connectivity index (χ2n) is 8.77. The van der Waals surface area contributed by atoms with E-state index in [1.54, 1.807) is 17.4 Å². The first-order valence-corrected chi connectivity index (χ1v) is 12.4. The van der Waals surface area contributed by atoms with Crippen LogP contribution in [0.2, 0.25) is 0 Å². The highest BCUT2D eigenvalue weighted by molar-refractivity contribution is 7.13. The van der Waals surface area contributed by atoms with Crippen molar-refractivity contribution in [2.45, 2.75) is 38.9 Å². The predicted octanol–water partition coefficient (Wildman–Crippen LogP) is 4.08. The first kappa shape index (κ1) is 21.9. The highest BCUT2D eigenvalue weighted by Gasteiger charge is 2.19. The van der Waals surface area contributed by atoms with Gasteiger partial charge in [0.15, 0.2) is 0 Å². The number of hydrogen-bond donors (Lipinski definition) is 1. The molecule has 1 N–H and O–H groups in total. The van der Waals surface area contributed by atoms with Crippen LogP contribution in [-0.2, 0) is 13.1 Å². The molecule has 7 heteroatoms. The summed E-state index contributed by atoms with van der Waals surface area (Å²) in [6.07, 6.45) is 6.07. The summed E-state index contributed by atoms with van der Waals surface area (Å²) in [4.78, 5) is 25.2. The average Bonchev–Trinajstić information content (AvgIpc) is 3.38. The second kappa shape index (κ2) is 9.95. The second-order valence-corrected chi connectivity index (χ2v) is 9.71. The van der Waals surface area contributed by atoms with Crippen molar-refractivity contribution in [2.75, 3.05) is 19.6 Å². The minimum atomic E-state index is 0.0464. The van der Waals surface area contributed by atoms with Crippen molar-refractivity contribution in [3.8, 4) is 10.6 Å². The molecule has 0 unspecified atom stereocenters. The molecule has 0 radical (unpaired) electrons. The fraction of sp³-hybridized carbons (Fsp3) is 0.346. The molecule has 0 aromatic carbocycles. The molecule has 4 aromatic heterocycles. The summed E-state index contributed by atoms with van der Waals surface area (Å²) in [5.74, 6) is 0. The normalized spacial score (nSPS) is 15.3. The van der Waals surface area contributed by atoms with Crippen LogP contribution in [0.4, 0.5) is 0 Å². The summed E-state index contributed by atoms with van der Waals surface area (Å²) in [5.41, 5.74) is 5.18. The first-order chi connectivity index (χ1) is 16.2. The number of piperidine rings is 1. The molecule has 33 heavy (non-hydrogen) atoms. The molecule has 0 aliphatic carbocycles. The quantitative estimate of drug-likeness (QED) is 0.451. The van der Waals surface area contributed by atoms with E-state index in [0.29, 0.717) is 12.6 Å². The van der Waals surface area contributed by atoms with Crippen LogP contribution < -0.4 is 10.9 Å². The molecule has 0 amide bonds. The molecular weight excluding hydrogens is 430 g/mol. The number of hydrogen-bond acceptors (Lipinski definition) is 6. The van der Waals surface area contributed by atoms with E-state index in [1.165, 1.54) is 10.4 Å². The van der Waals surface area contributed by atoms with Gasteiger partial charge in [-0.25, -0.2) is 0 Å². The molecule has 1 aliphatic rings. The van der Waals surface area contributed by atoms with Crippen LogP contribution in [0.3, 0.4) is 0 Å². The smallest absolute Gasteiger partial charge is 0.251 e. The van der Waals surface area contributed by atoms with Gasteiger partial charge in [-0.1, -0.05) is 12.1 Å². The van der Waals surface area contributed by atoms with E-state index in [2.05, 4.69) is 55.9 Å². The fourth-order valence-corrected chi connectivity index (χ4v) is 5.16. The fourth-order valence-electron chi connectivity index (χ4n) is 4.46. The van der Waals surface area contributed by atoms with E-state index in [9.17, 15) is 4.79 Å². The minimum Gasteiger partial charge on any atom is -0.310 e. The van der Waals surface area contributed by atoms with Crippen LogP contribution in [-0.4, -0.2) is 45.1 Å². The monoisotopic (exact) mass is 459 g/mol. The highest BCUT2D eigenvalue weighted by Crippen LogP contribution is 2.22. The first-order valence-electron chi connectivity index (χ1n) is 11.6. The molecule has 5 rings (SSSR count). The van der Waals surface area contributed by atoms with Crippen molar-refractivity contribution < 1.29 is 0 Å². The van der Waals surface area contributed by atoms with E-state index in [-0.39, 0.29) is 5.56 Å². The Morgan fingerprint density at radius 3 is 2.70 bits per heavy atom. The predicted molar refractivity (Wildman–Crippen MR) is 135 cm³/mol. The number of nitrogens with zero attached hydrogens (tertiary/aromatic N) is 4. The van der Waals surface area contributed by atoms with Crippen LogP contribution >= 0.6 is 11.3 Å². The lowest BCUT2D eigenvalue weighted by molar-refractivity contribution is 0.191. The number of aryl methyl sites for hydroxylation is 1. The van der Waals surface area contributed by atoms with Gasteiger partial charge >= 0.3 is 0 Å². The molecule has 0 bridgehead atoms. The molecular formula is C26H29N5OS. The Hall–Kier alpha value is -2.87. The summed E-state index contributed by atoms with van der Waals surface area (Å²) in [5, 5.41) is 5.78. The topological polar surface area (TPSA) is 63.1 Å². The van der Waals surface area contributed by atoms with Crippen LogP contribution in [0, 0.1) is 6.92 Å². The van der Waals surface area contributed by atoms with E-state index < -0.39 is 0 Å². The number of rotatable bonds is 7. The van der Waals surface area contributed by atoms with Crippen molar-refractivity contribution in [3.63, 3.8) is 0 Å². The van der Waals surface area contributed by atoms with Gasteiger partial charge in [0.2, 0.25) is 0 Å². The summed E-state index contributed by atoms with van der Waals surface area (Å²) in [6.45, 7) is 6.53. The molecule has 1 saturated heterocycles. The van der Waals surface area contributed by atoms with E-state index >= 15 is 0 Å². The van der Waals surface area contributed by atoms with Gasteiger partial charge in [-0.15, -0.1) is 11.3 Å². The molecule has 1 fully saturated rings. The lowest BCUT2D eigenvalue weighted by Gasteiger charge is -2.32. The lowest BCUT2D eigenvalue weighted by atomic mass is 10.0. The SMILES string of the molecule is Cc1cnc2ccc(=O)n(CCN3CCC(NCc4ccc(-c5cccs5)nc4)CC3)c2c1. The van der Waals surface area contributed by atoms with Crippen LogP contribution in [0.25, 0.3) is 21.6 Å². The maximum absolute atomic E-state index is 12.5. The van der Waals surface area contributed by atoms with E-state index in [1.807, 2.05) is 30.0 Å². The molecule has 170 valence electrons. The van der Waals surface area contributed by atoms with Gasteiger partial charge in [-0.2, -0.15) is 0 Å². The Kier molecular flexibility index (Phi) is 6.62. The third-order valence-corrected chi connectivity index (χ3v) is 7.29. The number of pyridine rings is 3. The molecule has 6 nitrogen and oxygen atoms in total. The van der Waals surface area contributed by atoms with Crippen molar-refractivity contribution in [1.29, 1.82) is 0 Å². The third kappa shape index (κ3) is 5.21. The van der Waals surface area contributed by atoms with Crippen LogP contribution in [0.1, 0.15) is 24.0 Å². The van der Waals surface area contributed by atoms with Gasteiger partial charge in [0, 0.05) is 44.1 Å². The largest absolute Gasteiger partial charge is 0.310 e. The molecule has 0 spiro atoms. The Labute approximate surface area is 197 Å². The van der Waals surface area contributed by atoms with Gasteiger partial charge in [0.25, 0.3) is 5.56 Å². The van der Waals surface area contributed by atoms with Crippen LogP contribution in [0.15, 0.2) is 65.0 Å². The maximum atomic E-state index is 12.5.